The molecule has 0 aromatic heterocycles. The van der Waals surface area contributed by atoms with Crippen LogP contribution in [-0.4, -0.2) is 13.3 Å². The van der Waals surface area contributed by atoms with Crippen LogP contribution in [0.4, 0.5) is 0 Å². The first-order valence-corrected chi connectivity index (χ1v) is 4.62. The van der Waals surface area contributed by atoms with E-state index in [1.165, 1.54) is 11.1 Å². The maximum Gasteiger partial charge on any atom is 0.106 e. The molecule has 0 saturated carbocycles. The topological polar surface area (TPSA) is 43.1 Å². The van der Waals surface area contributed by atoms with Gasteiger partial charge in [-0.1, -0.05) is 43.7 Å². The van der Waals surface area contributed by atoms with Crippen LogP contribution in [0.1, 0.15) is 25.0 Å². The number of hydrogen-bond acceptors (Lipinski definition) is 2. The maximum absolute atomic E-state index is 8.00. The highest BCUT2D eigenvalue weighted by Crippen LogP contribution is 2.21. The molecule has 0 saturated heterocycles. The summed E-state index contributed by atoms with van der Waals surface area (Å²) in [6.07, 6.45) is 0. The summed E-state index contributed by atoms with van der Waals surface area (Å²) in [5.41, 5.74) is 8.39. The van der Waals surface area contributed by atoms with Gasteiger partial charge < -0.3 is 10.5 Å². The van der Waals surface area contributed by atoms with Crippen LogP contribution in [0, 0.1) is 6.92 Å². The van der Waals surface area contributed by atoms with Crippen molar-refractivity contribution in [3.05, 3.63) is 35.4 Å². The van der Waals surface area contributed by atoms with Crippen LogP contribution in [0.15, 0.2) is 24.3 Å². The lowest BCUT2D eigenvalue weighted by atomic mass is 9.84. The molecule has 0 amide bonds. The molecule has 0 radical (unpaired) electrons. The molecule has 0 spiro atoms. The summed E-state index contributed by atoms with van der Waals surface area (Å²) in [6, 6.07) is 8.57. The number of carbonyl (C=O) groups is 1. The second kappa shape index (κ2) is 5.55. The smallest absolute Gasteiger partial charge is 0.106 e. The molecule has 1 aromatic rings. The van der Waals surface area contributed by atoms with Crippen LogP contribution in [-0.2, 0) is 10.2 Å². The van der Waals surface area contributed by atoms with Crippen molar-refractivity contribution in [3.63, 3.8) is 0 Å². The number of rotatable bonds is 2. The van der Waals surface area contributed by atoms with E-state index in [9.17, 15) is 0 Å². The number of benzene rings is 1. The summed E-state index contributed by atoms with van der Waals surface area (Å²) in [4.78, 5) is 8.00. The molecular weight excluding hydrogens is 174 g/mol. The Bertz CT molecular complexity index is 264. The van der Waals surface area contributed by atoms with E-state index in [4.69, 9.17) is 10.5 Å². The molecule has 1 aromatic carbocycles. The Morgan fingerprint density at radius 2 is 1.64 bits per heavy atom. The Kier molecular flexibility index (Phi) is 5.10. The predicted molar refractivity (Wildman–Crippen MR) is 60.4 cm³/mol. The Morgan fingerprint density at radius 3 is 2.00 bits per heavy atom. The van der Waals surface area contributed by atoms with Gasteiger partial charge in [0.25, 0.3) is 0 Å². The minimum atomic E-state index is 0.105. The van der Waals surface area contributed by atoms with Gasteiger partial charge >= 0.3 is 0 Å². The number of carbonyl (C=O) groups excluding carboxylic acids is 1. The van der Waals surface area contributed by atoms with Crippen molar-refractivity contribution in [1.29, 1.82) is 0 Å². The highest BCUT2D eigenvalue weighted by atomic mass is 16.1. The lowest BCUT2D eigenvalue weighted by molar-refractivity contribution is -0.0979. The first kappa shape index (κ1) is 12.8. The second-order valence-electron chi connectivity index (χ2n) is 3.95. The zero-order valence-electron chi connectivity index (χ0n) is 9.21. The molecule has 0 unspecified atom stereocenters. The van der Waals surface area contributed by atoms with Crippen molar-refractivity contribution in [2.75, 3.05) is 6.54 Å². The van der Waals surface area contributed by atoms with Gasteiger partial charge in [-0.2, -0.15) is 0 Å². The monoisotopic (exact) mass is 193 g/mol. The van der Waals surface area contributed by atoms with Crippen molar-refractivity contribution in [1.82, 2.24) is 0 Å². The van der Waals surface area contributed by atoms with Gasteiger partial charge in [0.15, 0.2) is 0 Å². The SMILES string of the molecule is C=O.Cc1ccc(C(C)(C)CN)cc1. The van der Waals surface area contributed by atoms with Crippen LogP contribution >= 0.6 is 0 Å². The largest absolute Gasteiger partial charge is 0.330 e. The highest BCUT2D eigenvalue weighted by molar-refractivity contribution is 5.27. The fourth-order valence-corrected chi connectivity index (χ4v) is 1.12. The summed E-state index contributed by atoms with van der Waals surface area (Å²) in [5, 5.41) is 0. The summed E-state index contributed by atoms with van der Waals surface area (Å²) in [5.74, 6) is 0. The summed E-state index contributed by atoms with van der Waals surface area (Å²) in [7, 11) is 0. The minimum absolute atomic E-state index is 0.105. The van der Waals surface area contributed by atoms with Crippen LogP contribution in [0.3, 0.4) is 0 Å². The molecule has 0 aliphatic carbocycles. The van der Waals surface area contributed by atoms with Crippen molar-refractivity contribution < 1.29 is 4.79 Å². The van der Waals surface area contributed by atoms with E-state index in [1.54, 1.807) is 0 Å². The fourth-order valence-electron chi connectivity index (χ4n) is 1.12. The quantitative estimate of drug-likeness (QED) is 0.781. The van der Waals surface area contributed by atoms with E-state index < -0.39 is 0 Å². The van der Waals surface area contributed by atoms with Gasteiger partial charge in [0.1, 0.15) is 6.79 Å². The zero-order valence-corrected chi connectivity index (χ0v) is 9.21. The lowest BCUT2D eigenvalue weighted by Gasteiger charge is -2.22. The van der Waals surface area contributed by atoms with E-state index in [1.807, 2.05) is 6.79 Å². The van der Waals surface area contributed by atoms with Crippen LogP contribution in [0.2, 0.25) is 0 Å². The van der Waals surface area contributed by atoms with Gasteiger partial charge in [-0.3, -0.25) is 0 Å². The molecule has 2 N–H and O–H groups in total. The van der Waals surface area contributed by atoms with E-state index >= 15 is 0 Å². The molecular formula is C12H19NO. The first-order chi connectivity index (χ1) is 6.56. The standard InChI is InChI=1S/C11H17N.CH2O/c1-9-4-6-10(7-5-9)11(2,3)8-12;1-2/h4-7H,8,12H2,1-3H3;1H2. The normalized spacial score (nSPS) is 10.3. The Balaban J connectivity index is 0.000000791. The average Bonchev–Trinajstić information content (AvgIpc) is 2.21. The van der Waals surface area contributed by atoms with E-state index in [0.29, 0.717) is 6.54 Å². The third kappa shape index (κ3) is 3.30. The van der Waals surface area contributed by atoms with Gasteiger partial charge in [-0.25, -0.2) is 0 Å². The van der Waals surface area contributed by atoms with E-state index in [2.05, 4.69) is 45.0 Å². The molecule has 1 rings (SSSR count). The highest BCUT2D eigenvalue weighted by Gasteiger charge is 2.17. The molecule has 2 heteroatoms. The Labute approximate surface area is 86.1 Å². The zero-order chi connectivity index (χ0) is 11.2. The second-order valence-corrected chi connectivity index (χ2v) is 3.95. The van der Waals surface area contributed by atoms with Gasteiger partial charge in [0.2, 0.25) is 0 Å². The molecule has 0 fully saturated rings. The summed E-state index contributed by atoms with van der Waals surface area (Å²) < 4.78 is 0. The Hall–Kier alpha value is -1.15. The van der Waals surface area contributed by atoms with E-state index in [0.717, 1.165) is 0 Å². The van der Waals surface area contributed by atoms with Crippen molar-refractivity contribution in [2.45, 2.75) is 26.2 Å². The molecule has 0 bridgehead atoms. The first-order valence-electron chi connectivity index (χ1n) is 4.62. The van der Waals surface area contributed by atoms with Gasteiger partial charge in [0.05, 0.1) is 0 Å². The van der Waals surface area contributed by atoms with Gasteiger partial charge in [-0.15, -0.1) is 0 Å². The third-order valence-corrected chi connectivity index (χ3v) is 2.34. The van der Waals surface area contributed by atoms with Crippen molar-refractivity contribution in [2.24, 2.45) is 5.73 Å². The molecule has 14 heavy (non-hydrogen) atoms. The average molecular weight is 193 g/mol. The number of hydrogen-bond donors (Lipinski definition) is 1. The number of nitrogens with two attached hydrogens (primary N) is 1. The van der Waals surface area contributed by atoms with E-state index in [-0.39, 0.29) is 5.41 Å². The molecule has 0 atom stereocenters. The molecule has 0 aliphatic rings. The molecule has 0 heterocycles. The molecule has 0 aliphatic heterocycles. The lowest BCUT2D eigenvalue weighted by Crippen LogP contribution is -2.27. The van der Waals surface area contributed by atoms with Crippen molar-refractivity contribution in [3.8, 4) is 0 Å². The van der Waals surface area contributed by atoms with Gasteiger partial charge in [-0.05, 0) is 12.5 Å². The van der Waals surface area contributed by atoms with Crippen LogP contribution in [0.5, 0.6) is 0 Å². The predicted octanol–water partition coefficient (Wildman–Crippen LogP) is 2.05. The van der Waals surface area contributed by atoms with Crippen molar-refractivity contribution >= 4 is 6.79 Å². The molecule has 78 valence electrons. The third-order valence-electron chi connectivity index (χ3n) is 2.34. The fraction of sp³-hybridized carbons (Fsp3) is 0.417. The maximum atomic E-state index is 8.00. The number of aryl methyl sites for hydroxylation is 1. The van der Waals surface area contributed by atoms with Crippen LogP contribution in [0.25, 0.3) is 0 Å². The summed E-state index contributed by atoms with van der Waals surface area (Å²) >= 11 is 0. The molecule has 2 nitrogen and oxygen atoms in total. The van der Waals surface area contributed by atoms with Gasteiger partial charge in [0, 0.05) is 12.0 Å². The minimum Gasteiger partial charge on any atom is -0.330 e. The van der Waals surface area contributed by atoms with Crippen LogP contribution < -0.4 is 5.73 Å². The Morgan fingerprint density at radius 1 is 1.21 bits per heavy atom. The summed E-state index contributed by atoms with van der Waals surface area (Å²) in [6.45, 7) is 9.12.